The summed E-state index contributed by atoms with van der Waals surface area (Å²) in [5.74, 6) is 0. The molecule has 82 heavy (non-hydrogen) atoms. The highest BCUT2D eigenvalue weighted by atomic mass is 14.2. The van der Waals surface area contributed by atoms with Crippen LogP contribution in [0.25, 0.3) is 175 Å². The third-order valence-electron chi connectivity index (χ3n) is 17.8. The summed E-state index contributed by atoms with van der Waals surface area (Å²) < 4.78 is 0. The van der Waals surface area contributed by atoms with Gasteiger partial charge in [0.2, 0.25) is 0 Å². The fraction of sp³-hybridized carbons (Fsp3) is 0. The third kappa shape index (κ3) is 7.39. The number of rotatable bonds is 8. The Morgan fingerprint density at radius 3 is 0.732 bits per heavy atom. The van der Waals surface area contributed by atoms with Crippen LogP contribution >= 0.6 is 0 Å². The van der Waals surface area contributed by atoms with E-state index < -0.39 is 0 Å². The molecule has 0 heterocycles. The van der Waals surface area contributed by atoms with Gasteiger partial charge in [0.1, 0.15) is 0 Å². The second-order valence-corrected chi connectivity index (χ2v) is 22.2. The summed E-state index contributed by atoms with van der Waals surface area (Å²) in [5.41, 5.74) is 19.7. The number of hydrogen-bond donors (Lipinski definition) is 0. The van der Waals surface area contributed by atoms with Crippen molar-refractivity contribution in [3.8, 4) is 89.0 Å². The molecule has 17 rings (SSSR count). The van der Waals surface area contributed by atoms with Gasteiger partial charge in [-0.05, 0) is 187 Å². The molecule has 0 saturated carbocycles. The van der Waals surface area contributed by atoms with Crippen molar-refractivity contribution in [2.75, 3.05) is 0 Å². The van der Waals surface area contributed by atoms with Gasteiger partial charge in [0.05, 0.1) is 0 Å². The Morgan fingerprint density at radius 2 is 0.378 bits per heavy atom. The Balaban J connectivity index is 0.672. The second-order valence-electron chi connectivity index (χ2n) is 22.2. The lowest BCUT2D eigenvalue weighted by atomic mass is 9.86. The first kappa shape index (κ1) is 46.3. The summed E-state index contributed by atoms with van der Waals surface area (Å²) in [6.07, 6.45) is 0. The molecule has 0 fully saturated rings. The molecule has 0 atom stereocenters. The van der Waals surface area contributed by atoms with Gasteiger partial charge in [-0.3, -0.25) is 0 Å². The summed E-state index contributed by atoms with van der Waals surface area (Å²) in [5, 5.41) is 20.6. The van der Waals surface area contributed by atoms with E-state index in [4.69, 9.17) is 0 Å². The average molecular weight is 1040 g/mol. The molecule has 0 aliphatic heterocycles. The van der Waals surface area contributed by atoms with Gasteiger partial charge in [0.25, 0.3) is 0 Å². The van der Waals surface area contributed by atoms with Gasteiger partial charge in [-0.15, -0.1) is 0 Å². The van der Waals surface area contributed by atoms with Crippen molar-refractivity contribution < 1.29 is 0 Å². The quantitative estimate of drug-likeness (QED) is 0.133. The van der Waals surface area contributed by atoms with Gasteiger partial charge >= 0.3 is 0 Å². The van der Waals surface area contributed by atoms with Crippen LogP contribution in [0.4, 0.5) is 0 Å². The van der Waals surface area contributed by atoms with E-state index in [1.54, 1.807) is 0 Å². The fourth-order valence-electron chi connectivity index (χ4n) is 13.8. The minimum Gasteiger partial charge on any atom is -0.0616 e. The van der Waals surface area contributed by atoms with Crippen LogP contribution < -0.4 is 0 Å². The predicted octanol–water partition coefficient (Wildman–Crippen LogP) is 23.1. The Morgan fingerprint density at radius 1 is 0.122 bits per heavy atom. The molecular formula is C82H50. The van der Waals surface area contributed by atoms with Crippen molar-refractivity contribution in [2.24, 2.45) is 0 Å². The van der Waals surface area contributed by atoms with Crippen LogP contribution in [0, 0.1) is 0 Å². The van der Waals surface area contributed by atoms with Gasteiger partial charge in [0, 0.05) is 0 Å². The number of hydrogen-bond acceptors (Lipinski definition) is 0. The zero-order valence-electron chi connectivity index (χ0n) is 44.9. The van der Waals surface area contributed by atoms with Crippen molar-refractivity contribution in [3.05, 3.63) is 303 Å². The average Bonchev–Trinajstić information content (AvgIpc) is 2.80. The molecular weight excluding hydrogens is 985 g/mol. The molecule has 0 N–H and O–H groups in total. The molecule has 0 saturated heterocycles. The summed E-state index contributed by atoms with van der Waals surface area (Å²) in [4.78, 5) is 0. The molecule has 0 aliphatic carbocycles. The molecule has 17 aromatic rings. The molecule has 0 aromatic heterocycles. The maximum atomic E-state index is 2.37. The van der Waals surface area contributed by atoms with E-state index in [1.165, 1.54) is 175 Å². The normalized spacial score (nSPS) is 11.9. The molecule has 378 valence electrons. The summed E-state index contributed by atoms with van der Waals surface area (Å²) in [7, 11) is 0. The first-order chi connectivity index (χ1) is 40.6. The summed E-state index contributed by atoms with van der Waals surface area (Å²) in [6, 6.07) is 113. The zero-order valence-corrected chi connectivity index (χ0v) is 44.9. The maximum absolute atomic E-state index is 2.37. The van der Waals surface area contributed by atoms with Gasteiger partial charge in [-0.2, -0.15) is 0 Å². The Hall–Kier alpha value is -10.7. The maximum Gasteiger partial charge on any atom is -0.00203 e. The van der Waals surface area contributed by atoms with Crippen LogP contribution in [0.1, 0.15) is 0 Å². The van der Waals surface area contributed by atoms with Gasteiger partial charge < -0.3 is 0 Å². The van der Waals surface area contributed by atoms with Gasteiger partial charge in [-0.25, -0.2) is 0 Å². The van der Waals surface area contributed by atoms with E-state index in [0.717, 1.165) is 0 Å². The molecule has 0 heteroatoms. The van der Waals surface area contributed by atoms with E-state index >= 15 is 0 Å². The Bertz CT molecular complexity index is 5000. The highest BCUT2D eigenvalue weighted by Gasteiger charge is 2.19. The predicted molar refractivity (Wildman–Crippen MR) is 352 cm³/mol. The lowest BCUT2D eigenvalue weighted by Crippen LogP contribution is -1.90. The molecule has 17 aromatic carbocycles. The van der Waals surface area contributed by atoms with Crippen LogP contribution in [0.5, 0.6) is 0 Å². The molecule has 0 aliphatic rings. The van der Waals surface area contributed by atoms with E-state index in [0.29, 0.717) is 0 Å². The molecule has 0 radical (unpaired) electrons. The molecule has 0 nitrogen and oxygen atoms in total. The number of fused-ring (bicyclic) bond motifs is 2. The first-order valence-corrected chi connectivity index (χ1v) is 28.5. The molecule has 0 bridgehead atoms. The van der Waals surface area contributed by atoms with Crippen molar-refractivity contribution in [3.63, 3.8) is 0 Å². The minimum absolute atomic E-state index is 1.20. The van der Waals surface area contributed by atoms with Crippen LogP contribution in [0.2, 0.25) is 0 Å². The standard InChI is InChI=1S/C82H50/c1-3-17-67-53(9-1)11-7-19-69(67)55-25-29-57(30-26-55)71-41-33-59-39-47-77-73(43-35-61-37-45-75(71)79(59)81(61)77)65-15-5-13-63(49-65)51-21-23-52(24-22-51)64-14-6-16-66(50-64)74-44-36-62-38-46-76-72(42-34-60-40-48-78(74)82(62)80(60)76)58-31-27-56(28-32-58)70-20-8-12-54-10-2-4-18-68(54)70/h1-50H. The van der Waals surface area contributed by atoms with Crippen LogP contribution in [-0.2, 0) is 0 Å². The molecule has 0 amide bonds. The number of benzene rings is 17. The highest BCUT2D eigenvalue weighted by molar-refractivity contribution is 6.29. The van der Waals surface area contributed by atoms with E-state index in [1.807, 2.05) is 0 Å². The minimum atomic E-state index is 1.20. The van der Waals surface area contributed by atoms with Crippen LogP contribution in [0.3, 0.4) is 0 Å². The lowest BCUT2D eigenvalue weighted by molar-refractivity contribution is 1.58. The lowest BCUT2D eigenvalue weighted by Gasteiger charge is -2.17. The van der Waals surface area contributed by atoms with Crippen LogP contribution in [-0.4, -0.2) is 0 Å². The summed E-state index contributed by atoms with van der Waals surface area (Å²) >= 11 is 0. The van der Waals surface area contributed by atoms with Crippen molar-refractivity contribution in [2.45, 2.75) is 0 Å². The van der Waals surface area contributed by atoms with Crippen molar-refractivity contribution >= 4 is 86.2 Å². The SMILES string of the molecule is c1cc(-c2ccc(-c3cccc(-c4ccc5ccc6c(-c7ccc(-c8cccc9ccccc89)cc7)ccc7ccc4c5c76)c3)cc2)cc(-c2ccc3ccc4c(-c5ccc(-c6cccc7ccccc67)cc5)ccc5ccc2c3c54)c1. The second kappa shape index (κ2) is 18.5. The van der Waals surface area contributed by atoms with Crippen molar-refractivity contribution in [1.29, 1.82) is 0 Å². The monoisotopic (exact) mass is 1030 g/mol. The Kier molecular flexibility index (Phi) is 10.4. The topological polar surface area (TPSA) is 0 Å². The zero-order chi connectivity index (χ0) is 53.8. The fourth-order valence-corrected chi connectivity index (χ4v) is 13.8. The molecule has 0 spiro atoms. The summed E-state index contributed by atoms with van der Waals surface area (Å²) in [6.45, 7) is 0. The van der Waals surface area contributed by atoms with E-state index in [-0.39, 0.29) is 0 Å². The van der Waals surface area contributed by atoms with Gasteiger partial charge in [0.15, 0.2) is 0 Å². The Labute approximate surface area is 475 Å². The first-order valence-electron chi connectivity index (χ1n) is 28.5. The smallest absolute Gasteiger partial charge is 0.00203 e. The molecule has 0 unspecified atom stereocenters. The third-order valence-corrected chi connectivity index (χ3v) is 17.8. The largest absolute Gasteiger partial charge is 0.0616 e. The highest BCUT2D eigenvalue weighted by Crippen LogP contribution is 2.46. The van der Waals surface area contributed by atoms with Crippen LogP contribution in [0.15, 0.2) is 303 Å². The van der Waals surface area contributed by atoms with Crippen molar-refractivity contribution in [1.82, 2.24) is 0 Å². The van der Waals surface area contributed by atoms with Gasteiger partial charge in [-0.1, -0.05) is 291 Å². The van der Waals surface area contributed by atoms with E-state index in [2.05, 4.69) is 303 Å². The van der Waals surface area contributed by atoms with E-state index in [9.17, 15) is 0 Å².